The van der Waals surface area contributed by atoms with Gasteiger partial charge in [0.15, 0.2) is 0 Å². The number of benzene rings is 1. The summed E-state index contributed by atoms with van der Waals surface area (Å²) in [5, 5.41) is 5.56. The third kappa shape index (κ3) is 3.96. The summed E-state index contributed by atoms with van der Waals surface area (Å²) in [5.41, 5.74) is 0.934. The van der Waals surface area contributed by atoms with Gasteiger partial charge in [0, 0.05) is 30.5 Å². The molecule has 1 aromatic carbocycles. The van der Waals surface area contributed by atoms with Crippen molar-refractivity contribution in [3.63, 3.8) is 0 Å². The van der Waals surface area contributed by atoms with Gasteiger partial charge in [0.25, 0.3) is 10.0 Å². The lowest BCUT2D eigenvalue weighted by atomic mass is 9.97. The Labute approximate surface area is 177 Å². The van der Waals surface area contributed by atoms with Gasteiger partial charge in [-0.15, -0.1) is 0 Å². The highest BCUT2D eigenvalue weighted by molar-refractivity contribution is 7.89. The predicted molar refractivity (Wildman–Crippen MR) is 112 cm³/mol. The van der Waals surface area contributed by atoms with E-state index >= 15 is 0 Å². The fourth-order valence-electron chi connectivity index (χ4n) is 4.76. The van der Waals surface area contributed by atoms with Crippen LogP contribution < -0.4 is 10.6 Å². The highest BCUT2D eigenvalue weighted by Gasteiger charge is 2.40. The molecule has 2 amide bonds. The second-order valence-electron chi connectivity index (χ2n) is 8.48. The van der Waals surface area contributed by atoms with E-state index in [1.165, 1.54) is 24.5 Å². The average Bonchev–Trinajstić information content (AvgIpc) is 2.90. The van der Waals surface area contributed by atoms with Gasteiger partial charge in [-0.25, -0.2) is 8.42 Å². The van der Waals surface area contributed by atoms with Crippen LogP contribution in [0.25, 0.3) is 0 Å². The highest BCUT2D eigenvalue weighted by atomic mass is 32.2. The summed E-state index contributed by atoms with van der Waals surface area (Å²) in [7, 11) is -1.82. The average molecular weight is 433 g/mol. The van der Waals surface area contributed by atoms with E-state index in [-0.39, 0.29) is 23.3 Å². The largest absolute Gasteiger partial charge is 0.353 e. The normalized spacial score (nSPS) is 29.0. The number of carbonyl (C=O) groups excluding carboxylic acids is 2. The third-order valence-electron chi connectivity index (χ3n) is 6.50. The van der Waals surface area contributed by atoms with Crippen LogP contribution in [0.1, 0.15) is 37.7 Å². The number of hydrogen-bond donors (Lipinski definition) is 2. The number of nitrogens with one attached hydrogen (secondary N) is 2. The van der Waals surface area contributed by atoms with Gasteiger partial charge in [-0.3, -0.25) is 13.9 Å². The molecule has 0 aliphatic carbocycles. The molecule has 0 saturated carbocycles. The van der Waals surface area contributed by atoms with Gasteiger partial charge >= 0.3 is 0 Å². The van der Waals surface area contributed by atoms with Crippen molar-refractivity contribution >= 4 is 21.8 Å². The van der Waals surface area contributed by atoms with Gasteiger partial charge in [-0.2, -0.15) is 0 Å². The first kappa shape index (κ1) is 20.9. The zero-order valence-corrected chi connectivity index (χ0v) is 18.1. The first-order valence-electron chi connectivity index (χ1n) is 10.3. The van der Waals surface area contributed by atoms with Gasteiger partial charge in [0.2, 0.25) is 11.8 Å². The summed E-state index contributed by atoms with van der Waals surface area (Å²) in [6.45, 7) is 1.87. The van der Waals surface area contributed by atoms with Crippen LogP contribution in [0.4, 0.5) is 0 Å². The van der Waals surface area contributed by atoms with Crippen molar-refractivity contribution in [2.24, 2.45) is 0 Å². The van der Waals surface area contributed by atoms with E-state index < -0.39 is 22.0 Å². The molecule has 3 aliphatic rings. The fourth-order valence-corrected chi connectivity index (χ4v) is 6.21. The van der Waals surface area contributed by atoms with Gasteiger partial charge < -0.3 is 15.5 Å². The van der Waals surface area contributed by atoms with E-state index in [1.807, 2.05) is 6.92 Å². The minimum absolute atomic E-state index is 0.0653. The Morgan fingerprint density at radius 1 is 1.17 bits per heavy atom. The maximum atomic E-state index is 13.1. The molecule has 2 saturated heterocycles. The lowest BCUT2D eigenvalue weighted by Gasteiger charge is -2.37. The fraction of sp³-hybridized carbons (Fsp3) is 0.524. The predicted octanol–water partition coefficient (Wildman–Crippen LogP) is 1.09. The summed E-state index contributed by atoms with van der Waals surface area (Å²) in [6, 6.07) is 6.34. The number of amides is 2. The summed E-state index contributed by atoms with van der Waals surface area (Å²) in [5.74, 6) is -0.810. The maximum Gasteiger partial charge on any atom is 0.264 e. The van der Waals surface area contributed by atoms with E-state index in [0.717, 1.165) is 35.6 Å². The van der Waals surface area contributed by atoms with Crippen LogP contribution in [-0.2, 0) is 19.6 Å². The molecule has 9 heteroatoms. The van der Waals surface area contributed by atoms with Crippen molar-refractivity contribution in [1.82, 2.24) is 19.8 Å². The molecule has 2 fully saturated rings. The van der Waals surface area contributed by atoms with E-state index in [4.69, 9.17) is 0 Å². The summed E-state index contributed by atoms with van der Waals surface area (Å²) >= 11 is 0. The summed E-state index contributed by atoms with van der Waals surface area (Å²) in [4.78, 5) is 27.7. The molecule has 4 atom stereocenters. The summed E-state index contributed by atoms with van der Waals surface area (Å²) < 4.78 is 27.2. The van der Waals surface area contributed by atoms with Gasteiger partial charge in [-0.1, -0.05) is 17.7 Å². The van der Waals surface area contributed by atoms with Crippen molar-refractivity contribution in [3.8, 4) is 0 Å². The standard InChI is InChI=1S/C21H28N4O4S/c1-14-3-7-18(8-4-14)30(28,29)25-10-9-22-21(27)19(25)13-20(26)23-15-11-16-5-6-17(12-15)24(16)2/h3-4,7-10,15-17,19H,5-6,11-13H2,1-2H3,(H,22,27)(H,23,26)/t15-,16-,17+,19-/m1/s1. The molecule has 0 spiro atoms. The van der Waals surface area contributed by atoms with Crippen LogP contribution in [0.3, 0.4) is 0 Å². The van der Waals surface area contributed by atoms with Crippen LogP contribution in [0.15, 0.2) is 41.6 Å². The first-order valence-corrected chi connectivity index (χ1v) is 11.8. The number of aryl methyl sites for hydroxylation is 1. The van der Waals surface area contributed by atoms with E-state index in [0.29, 0.717) is 12.1 Å². The highest BCUT2D eigenvalue weighted by Crippen LogP contribution is 2.34. The number of fused-ring (bicyclic) bond motifs is 2. The monoisotopic (exact) mass is 432 g/mol. The van der Waals surface area contributed by atoms with Crippen molar-refractivity contribution in [2.45, 2.75) is 68.1 Å². The van der Waals surface area contributed by atoms with Gasteiger partial charge in [0.1, 0.15) is 6.04 Å². The Bertz CT molecular complexity index is 946. The molecular formula is C21H28N4O4S. The number of carbonyl (C=O) groups is 2. The molecule has 0 aromatic heterocycles. The number of hydrogen-bond acceptors (Lipinski definition) is 5. The molecule has 8 nitrogen and oxygen atoms in total. The molecular weight excluding hydrogens is 404 g/mol. The second kappa shape index (κ2) is 8.03. The Balaban J connectivity index is 1.47. The molecule has 2 N–H and O–H groups in total. The molecule has 30 heavy (non-hydrogen) atoms. The quantitative estimate of drug-likeness (QED) is 0.726. The SMILES string of the molecule is Cc1ccc(S(=O)(=O)N2C=CNC(=O)[C@H]2CC(=O)N[C@@H]2C[C@H]3CC[C@@H](C2)N3C)cc1. The lowest BCUT2D eigenvalue weighted by molar-refractivity contribution is -0.130. The summed E-state index contributed by atoms with van der Waals surface area (Å²) in [6.07, 6.45) is 6.45. The molecule has 162 valence electrons. The molecule has 4 rings (SSSR count). The van der Waals surface area contributed by atoms with Crippen LogP contribution in [0.5, 0.6) is 0 Å². The topological polar surface area (TPSA) is 98.8 Å². The van der Waals surface area contributed by atoms with Crippen LogP contribution in [0.2, 0.25) is 0 Å². The second-order valence-corrected chi connectivity index (χ2v) is 10.3. The van der Waals surface area contributed by atoms with Crippen molar-refractivity contribution in [3.05, 3.63) is 42.2 Å². The van der Waals surface area contributed by atoms with E-state index in [2.05, 4.69) is 22.6 Å². The maximum absolute atomic E-state index is 13.1. The molecule has 3 heterocycles. The molecule has 0 radical (unpaired) electrons. The van der Waals surface area contributed by atoms with Crippen LogP contribution in [0, 0.1) is 6.92 Å². The number of sulfonamides is 1. The minimum Gasteiger partial charge on any atom is -0.353 e. The lowest BCUT2D eigenvalue weighted by Crippen LogP contribution is -2.53. The van der Waals surface area contributed by atoms with Crippen molar-refractivity contribution in [1.29, 1.82) is 0 Å². The van der Waals surface area contributed by atoms with Crippen LogP contribution >= 0.6 is 0 Å². The Morgan fingerprint density at radius 3 is 2.43 bits per heavy atom. The molecule has 2 bridgehead atoms. The van der Waals surface area contributed by atoms with Crippen LogP contribution in [-0.4, -0.2) is 60.7 Å². The van der Waals surface area contributed by atoms with E-state index in [1.54, 1.807) is 12.1 Å². The van der Waals surface area contributed by atoms with Crippen molar-refractivity contribution < 1.29 is 18.0 Å². The third-order valence-corrected chi connectivity index (χ3v) is 8.29. The number of nitrogens with zero attached hydrogens (tertiary/aromatic N) is 2. The first-order chi connectivity index (χ1) is 14.3. The molecule has 1 aromatic rings. The van der Waals surface area contributed by atoms with E-state index in [9.17, 15) is 18.0 Å². The smallest absolute Gasteiger partial charge is 0.264 e. The number of rotatable bonds is 5. The zero-order chi connectivity index (χ0) is 21.5. The van der Waals surface area contributed by atoms with Gasteiger partial charge in [-0.05, 0) is 51.8 Å². The molecule has 0 unspecified atom stereocenters. The van der Waals surface area contributed by atoms with Crippen molar-refractivity contribution in [2.75, 3.05) is 7.05 Å². The number of piperidine rings is 1. The Morgan fingerprint density at radius 2 is 1.80 bits per heavy atom. The minimum atomic E-state index is -3.96. The molecule has 3 aliphatic heterocycles. The van der Waals surface area contributed by atoms with Gasteiger partial charge in [0.05, 0.1) is 11.3 Å². The Kier molecular flexibility index (Phi) is 5.59. The zero-order valence-electron chi connectivity index (χ0n) is 17.2. The Hall–Kier alpha value is -2.39.